The van der Waals surface area contributed by atoms with Crippen LogP contribution < -0.4 is 4.74 Å². The van der Waals surface area contributed by atoms with Gasteiger partial charge in [-0.05, 0) is 36.2 Å². The number of nitrogens with zero attached hydrogens (tertiary/aromatic N) is 3. The van der Waals surface area contributed by atoms with Crippen molar-refractivity contribution in [1.29, 1.82) is 5.26 Å². The van der Waals surface area contributed by atoms with Crippen LogP contribution in [0.2, 0.25) is 0 Å². The number of hydrogen-bond donors (Lipinski definition) is 0. The third-order valence-corrected chi connectivity index (χ3v) is 4.54. The van der Waals surface area contributed by atoms with Gasteiger partial charge in [-0.2, -0.15) is 5.26 Å². The second-order valence-corrected chi connectivity index (χ2v) is 6.42. The molecule has 1 fully saturated rings. The van der Waals surface area contributed by atoms with Crippen molar-refractivity contribution in [3.8, 4) is 11.8 Å². The van der Waals surface area contributed by atoms with Gasteiger partial charge in [0.15, 0.2) is 6.61 Å². The number of amides is 1. The smallest absolute Gasteiger partial charge is 0.260 e. The monoisotopic (exact) mass is 349 g/mol. The molecule has 2 aromatic rings. The number of benzene rings is 2. The highest BCUT2D eigenvalue weighted by Crippen LogP contribution is 2.13. The highest BCUT2D eigenvalue weighted by Gasteiger charge is 2.19. The zero-order valence-electron chi connectivity index (χ0n) is 14.8. The predicted octanol–water partition coefficient (Wildman–Crippen LogP) is 2.67. The van der Waals surface area contributed by atoms with Crippen molar-refractivity contribution < 1.29 is 9.53 Å². The fraction of sp³-hybridized carbons (Fsp3) is 0.333. The normalized spacial score (nSPS) is 15.1. The average molecular weight is 349 g/mol. The molecule has 2 aromatic carbocycles. The molecule has 5 heteroatoms. The maximum absolute atomic E-state index is 12.4. The fourth-order valence-electron chi connectivity index (χ4n) is 3.08. The Morgan fingerprint density at radius 3 is 2.50 bits per heavy atom. The lowest BCUT2D eigenvalue weighted by Crippen LogP contribution is -2.38. The zero-order valence-corrected chi connectivity index (χ0v) is 14.8. The summed E-state index contributed by atoms with van der Waals surface area (Å²) in [5.74, 6) is 0.619. The minimum atomic E-state index is 0.0101. The van der Waals surface area contributed by atoms with Crippen LogP contribution in [0.25, 0.3) is 0 Å². The van der Waals surface area contributed by atoms with Gasteiger partial charge in [0.2, 0.25) is 0 Å². The molecule has 0 radical (unpaired) electrons. The van der Waals surface area contributed by atoms with E-state index in [2.05, 4.69) is 35.2 Å². The van der Waals surface area contributed by atoms with Crippen molar-refractivity contribution in [1.82, 2.24) is 9.80 Å². The number of carbonyl (C=O) groups excluding carboxylic acids is 1. The second-order valence-electron chi connectivity index (χ2n) is 6.42. The van der Waals surface area contributed by atoms with Crippen molar-refractivity contribution in [3.05, 3.63) is 65.7 Å². The van der Waals surface area contributed by atoms with Crippen molar-refractivity contribution in [2.75, 3.05) is 32.8 Å². The average Bonchev–Trinajstić information content (AvgIpc) is 2.93. The van der Waals surface area contributed by atoms with E-state index in [9.17, 15) is 4.79 Å². The molecule has 0 saturated carbocycles. The Balaban J connectivity index is 1.47. The van der Waals surface area contributed by atoms with Gasteiger partial charge >= 0.3 is 0 Å². The summed E-state index contributed by atoms with van der Waals surface area (Å²) in [6.07, 6.45) is 0.968. The first-order valence-electron chi connectivity index (χ1n) is 8.91. The summed E-state index contributed by atoms with van der Waals surface area (Å²) in [6, 6.07) is 19.3. The summed E-state index contributed by atoms with van der Waals surface area (Å²) >= 11 is 0. The Kier molecular flexibility index (Phi) is 6.24. The lowest BCUT2D eigenvalue weighted by molar-refractivity contribution is -0.133. The SMILES string of the molecule is N#Cc1ccc(OCC(=O)N2CCCN(Cc3ccccc3)CC2)cc1. The van der Waals surface area contributed by atoms with Gasteiger partial charge in [0.05, 0.1) is 11.6 Å². The van der Waals surface area contributed by atoms with E-state index in [1.807, 2.05) is 11.0 Å². The van der Waals surface area contributed by atoms with Gasteiger partial charge in [-0.25, -0.2) is 0 Å². The summed E-state index contributed by atoms with van der Waals surface area (Å²) in [5.41, 5.74) is 1.88. The van der Waals surface area contributed by atoms with E-state index in [0.717, 1.165) is 39.1 Å². The molecule has 0 unspecified atom stereocenters. The molecule has 1 heterocycles. The largest absolute Gasteiger partial charge is 0.484 e. The Bertz CT molecular complexity index is 753. The highest BCUT2D eigenvalue weighted by molar-refractivity contribution is 5.77. The van der Waals surface area contributed by atoms with Crippen LogP contribution in [0.5, 0.6) is 5.75 Å². The van der Waals surface area contributed by atoms with E-state index in [1.54, 1.807) is 24.3 Å². The molecule has 1 aliphatic heterocycles. The maximum atomic E-state index is 12.4. The van der Waals surface area contributed by atoms with E-state index in [1.165, 1.54) is 5.56 Å². The number of ether oxygens (including phenoxy) is 1. The van der Waals surface area contributed by atoms with Gasteiger partial charge in [0.1, 0.15) is 5.75 Å². The molecule has 0 N–H and O–H groups in total. The van der Waals surface area contributed by atoms with Crippen LogP contribution in [0.15, 0.2) is 54.6 Å². The zero-order chi connectivity index (χ0) is 18.2. The third kappa shape index (κ3) is 5.08. The van der Waals surface area contributed by atoms with Crippen LogP contribution in [-0.2, 0) is 11.3 Å². The summed E-state index contributed by atoms with van der Waals surface area (Å²) in [6.45, 7) is 4.31. The Labute approximate surface area is 154 Å². The lowest BCUT2D eigenvalue weighted by Gasteiger charge is -2.22. The minimum absolute atomic E-state index is 0.0101. The van der Waals surface area contributed by atoms with Crippen LogP contribution >= 0.6 is 0 Å². The quantitative estimate of drug-likeness (QED) is 0.833. The molecule has 0 atom stereocenters. The van der Waals surface area contributed by atoms with Gasteiger partial charge in [-0.3, -0.25) is 9.69 Å². The van der Waals surface area contributed by atoms with E-state index >= 15 is 0 Å². The molecular formula is C21H23N3O2. The number of hydrogen-bond acceptors (Lipinski definition) is 4. The van der Waals surface area contributed by atoms with Gasteiger partial charge < -0.3 is 9.64 Å². The first-order chi connectivity index (χ1) is 12.7. The van der Waals surface area contributed by atoms with Gasteiger partial charge in [0, 0.05) is 32.7 Å². The van der Waals surface area contributed by atoms with E-state index in [-0.39, 0.29) is 12.5 Å². The standard InChI is InChI=1S/C21H23N3O2/c22-15-18-7-9-20(10-8-18)26-17-21(25)24-12-4-11-23(13-14-24)16-19-5-2-1-3-6-19/h1-3,5-10H,4,11-14,16-17H2. The summed E-state index contributed by atoms with van der Waals surface area (Å²) < 4.78 is 5.57. The molecule has 3 rings (SSSR count). The Morgan fingerprint density at radius 1 is 1.00 bits per heavy atom. The molecule has 1 amide bonds. The third-order valence-electron chi connectivity index (χ3n) is 4.54. The molecule has 5 nitrogen and oxygen atoms in total. The van der Waals surface area contributed by atoms with E-state index in [0.29, 0.717) is 11.3 Å². The van der Waals surface area contributed by atoms with Crippen LogP contribution in [-0.4, -0.2) is 48.5 Å². The summed E-state index contributed by atoms with van der Waals surface area (Å²) in [7, 11) is 0. The van der Waals surface area contributed by atoms with Crippen molar-refractivity contribution in [2.24, 2.45) is 0 Å². The molecule has 0 bridgehead atoms. The molecule has 26 heavy (non-hydrogen) atoms. The number of rotatable bonds is 5. The molecule has 0 aliphatic carbocycles. The van der Waals surface area contributed by atoms with Crippen LogP contribution in [0.1, 0.15) is 17.5 Å². The van der Waals surface area contributed by atoms with E-state index < -0.39 is 0 Å². The number of nitriles is 1. The molecule has 1 saturated heterocycles. The Hall–Kier alpha value is -2.84. The predicted molar refractivity (Wildman–Crippen MR) is 99.6 cm³/mol. The van der Waals surface area contributed by atoms with Crippen molar-refractivity contribution >= 4 is 5.91 Å². The fourth-order valence-corrected chi connectivity index (χ4v) is 3.08. The van der Waals surface area contributed by atoms with Crippen molar-refractivity contribution in [2.45, 2.75) is 13.0 Å². The topological polar surface area (TPSA) is 56.6 Å². The minimum Gasteiger partial charge on any atom is -0.484 e. The number of carbonyl (C=O) groups is 1. The second kappa shape index (κ2) is 9.02. The first-order valence-corrected chi connectivity index (χ1v) is 8.91. The highest BCUT2D eigenvalue weighted by atomic mass is 16.5. The van der Waals surface area contributed by atoms with Crippen LogP contribution in [0.3, 0.4) is 0 Å². The van der Waals surface area contributed by atoms with Gasteiger partial charge in [0.25, 0.3) is 5.91 Å². The Morgan fingerprint density at radius 2 is 1.77 bits per heavy atom. The lowest BCUT2D eigenvalue weighted by atomic mass is 10.2. The molecule has 134 valence electrons. The van der Waals surface area contributed by atoms with Gasteiger partial charge in [-0.1, -0.05) is 30.3 Å². The molecular weight excluding hydrogens is 326 g/mol. The van der Waals surface area contributed by atoms with E-state index in [4.69, 9.17) is 10.00 Å². The molecule has 1 aliphatic rings. The first kappa shape index (κ1) is 18.0. The summed E-state index contributed by atoms with van der Waals surface area (Å²) in [5, 5.41) is 8.80. The maximum Gasteiger partial charge on any atom is 0.260 e. The molecule has 0 spiro atoms. The van der Waals surface area contributed by atoms with Crippen LogP contribution in [0, 0.1) is 11.3 Å². The van der Waals surface area contributed by atoms with Crippen LogP contribution in [0.4, 0.5) is 0 Å². The van der Waals surface area contributed by atoms with Crippen molar-refractivity contribution in [3.63, 3.8) is 0 Å². The van der Waals surface area contributed by atoms with Gasteiger partial charge in [-0.15, -0.1) is 0 Å². The molecule has 0 aromatic heterocycles. The summed E-state index contributed by atoms with van der Waals surface area (Å²) in [4.78, 5) is 16.7.